The number of anilines is 1. The van der Waals surface area contributed by atoms with Crippen LogP contribution >= 0.6 is 0 Å². The van der Waals surface area contributed by atoms with Crippen LogP contribution in [0.2, 0.25) is 0 Å². The number of hydrogen-bond donors (Lipinski definition) is 0. The number of piperazine rings is 1. The largest absolute Gasteiger partial charge is 0.501 e. The highest BCUT2D eigenvalue weighted by molar-refractivity contribution is 7.92. The Hall–Kier alpha value is -3.52. The molecule has 10 nitrogen and oxygen atoms in total. The van der Waals surface area contributed by atoms with E-state index in [-0.39, 0.29) is 18.1 Å². The summed E-state index contributed by atoms with van der Waals surface area (Å²) < 4.78 is 61.7. The minimum atomic E-state index is -5.57. The summed E-state index contributed by atoms with van der Waals surface area (Å²) in [6.07, 6.45) is 2.89. The standard InChI is InChI=1S/C23H24F3N5O5S/c1-15-20(32)31(17-3-5-18(6-4-17)37(35,36)23(24,25)26)22(34)30(15)14-16-7-8-27-13-19(16)21(33)29-11-9-28(2)10-12-29/h3-8,13,15H,9-12,14H2,1-2H3. The number of alkyl halides is 3. The second-order valence-corrected chi connectivity index (χ2v) is 10.8. The number of imide groups is 1. The number of amides is 4. The summed E-state index contributed by atoms with van der Waals surface area (Å²) in [5.41, 5.74) is -4.77. The molecule has 2 aliphatic rings. The number of rotatable bonds is 5. The van der Waals surface area contributed by atoms with E-state index in [2.05, 4.69) is 9.88 Å². The lowest BCUT2D eigenvalue weighted by Gasteiger charge is -2.33. The van der Waals surface area contributed by atoms with Gasteiger partial charge in [0, 0.05) is 45.1 Å². The van der Waals surface area contributed by atoms with E-state index < -0.39 is 38.2 Å². The number of nitrogens with zero attached hydrogens (tertiary/aromatic N) is 5. The van der Waals surface area contributed by atoms with Crippen LogP contribution in [-0.2, 0) is 21.2 Å². The molecular weight excluding hydrogens is 515 g/mol. The molecule has 37 heavy (non-hydrogen) atoms. The Bertz CT molecular complexity index is 1330. The van der Waals surface area contributed by atoms with Crippen molar-refractivity contribution in [2.24, 2.45) is 0 Å². The molecule has 0 spiro atoms. The first kappa shape index (κ1) is 26.5. The van der Waals surface area contributed by atoms with E-state index in [1.165, 1.54) is 24.2 Å². The van der Waals surface area contributed by atoms with Crippen LogP contribution in [0.4, 0.5) is 23.7 Å². The molecule has 0 radical (unpaired) electrons. The van der Waals surface area contributed by atoms with Gasteiger partial charge in [0.05, 0.1) is 16.1 Å². The predicted octanol–water partition coefficient (Wildman–Crippen LogP) is 2.12. The molecule has 1 unspecified atom stereocenters. The van der Waals surface area contributed by atoms with Gasteiger partial charge in [0.25, 0.3) is 21.7 Å². The van der Waals surface area contributed by atoms with Gasteiger partial charge >= 0.3 is 11.5 Å². The Labute approximate surface area is 211 Å². The molecule has 2 aromatic rings. The number of likely N-dealkylation sites (N-methyl/N-ethyl adjacent to an activating group) is 1. The topological polar surface area (TPSA) is 111 Å². The third kappa shape index (κ3) is 4.90. The second kappa shape index (κ2) is 9.74. The highest BCUT2D eigenvalue weighted by atomic mass is 32.2. The van der Waals surface area contributed by atoms with Crippen molar-refractivity contribution in [3.8, 4) is 0 Å². The van der Waals surface area contributed by atoms with Gasteiger partial charge in [-0.2, -0.15) is 13.2 Å². The minimum Gasteiger partial charge on any atom is -0.336 e. The number of carbonyl (C=O) groups excluding carboxylic acids is 3. The molecular formula is C23H24F3N5O5S. The summed E-state index contributed by atoms with van der Waals surface area (Å²) in [5.74, 6) is -0.877. The fourth-order valence-corrected chi connectivity index (χ4v) is 4.94. The van der Waals surface area contributed by atoms with Crippen LogP contribution in [0.3, 0.4) is 0 Å². The maximum Gasteiger partial charge on any atom is 0.501 e. The van der Waals surface area contributed by atoms with Gasteiger partial charge in [0.2, 0.25) is 0 Å². The van der Waals surface area contributed by atoms with E-state index in [9.17, 15) is 36.0 Å². The molecule has 0 bridgehead atoms. The van der Waals surface area contributed by atoms with Crippen molar-refractivity contribution in [2.75, 3.05) is 38.1 Å². The Morgan fingerprint density at radius 3 is 2.27 bits per heavy atom. The van der Waals surface area contributed by atoms with E-state index >= 15 is 0 Å². The van der Waals surface area contributed by atoms with E-state index in [4.69, 9.17) is 0 Å². The summed E-state index contributed by atoms with van der Waals surface area (Å²) in [7, 11) is -3.61. The third-order valence-electron chi connectivity index (χ3n) is 6.47. The van der Waals surface area contributed by atoms with Crippen molar-refractivity contribution in [3.63, 3.8) is 0 Å². The number of aromatic nitrogens is 1. The van der Waals surface area contributed by atoms with Crippen molar-refractivity contribution >= 4 is 33.4 Å². The number of hydrogen-bond acceptors (Lipinski definition) is 7. The zero-order valence-electron chi connectivity index (χ0n) is 20.0. The van der Waals surface area contributed by atoms with Crippen LogP contribution in [0.5, 0.6) is 0 Å². The number of urea groups is 1. The lowest BCUT2D eigenvalue weighted by molar-refractivity contribution is -0.119. The minimum absolute atomic E-state index is 0.0751. The number of sulfone groups is 1. The van der Waals surface area contributed by atoms with Crippen LogP contribution in [0, 0.1) is 0 Å². The fourth-order valence-electron chi connectivity index (χ4n) is 4.18. The van der Waals surface area contributed by atoms with Gasteiger partial charge in [-0.1, -0.05) is 0 Å². The lowest BCUT2D eigenvalue weighted by atomic mass is 10.1. The molecule has 4 rings (SSSR count). The second-order valence-electron chi connectivity index (χ2n) is 8.83. The molecule has 3 heterocycles. The highest BCUT2D eigenvalue weighted by Gasteiger charge is 2.47. The zero-order chi connectivity index (χ0) is 27.1. The molecule has 0 N–H and O–H groups in total. The lowest BCUT2D eigenvalue weighted by Crippen LogP contribution is -2.47. The molecule has 2 saturated heterocycles. The van der Waals surface area contributed by atoms with Crippen LogP contribution in [0.15, 0.2) is 47.6 Å². The normalized spacial score (nSPS) is 19.6. The Balaban J connectivity index is 1.56. The van der Waals surface area contributed by atoms with E-state index in [1.807, 2.05) is 7.05 Å². The zero-order valence-corrected chi connectivity index (χ0v) is 20.8. The maximum absolute atomic E-state index is 13.2. The van der Waals surface area contributed by atoms with Crippen LogP contribution < -0.4 is 4.90 Å². The molecule has 14 heteroatoms. The van der Waals surface area contributed by atoms with Gasteiger partial charge in [-0.25, -0.2) is 18.1 Å². The molecule has 1 atom stereocenters. The van der Waals surface area contributed by atoms with Gasteiger partial charge in [-0.3, -0.25) is 14.6 Å². The molecule has 0 aliphatic carbocycles. The van der Waals surface area contributed by atoms with Crippen LogP contribution in [0.25, 0.3) is 0 Å². The molecule has 2 fully saturated rings. The third-order valence-corrected chi connectivity index (χ3v) is 7.97. The fraction of sp³-hybridized carbons (Fsp3) is 0.391. The van der Waals surface area contributed by atoms with Crippen molar-refractivity contribution in [1.82, 2.24) is 19.7 Å². The molecule has 0 saturated carbocycles. The molecule has 1 aromatic heterocycles. The molecule has 1 aromatic carbocycles. The molecule has 4 amide bonds. The molecule has 198 valence electrons. The summed E-state index contributed by atoms with van der Waals surface area (Å²) in [4.78, 5) is 48.1. The van der Waals surface area contributed by atoms with Crippen molar-refractivity contribution in [2.45, 2.75) is 29.9 Å². The van der Waals surface area contributed by atoms with Gasteiger partial charge < -0.3 is 14.7 Å². The van der Waals surface area contributed by atoms with Crippen molar-refractivity contribution < 1.29 is 36.0 Å². The maximum atomic E-state index is 13.2. The van der Waals surface area contributed by atoms with Crippen LogP contribution in [-0.4, -0.2) is 90.7 Å². The van der Waals surface area contributed by atoms with Gasteiger partial charge in [-0.15, -0.1) is 0 Å². The van der Waals surface area contributed by atoms with E-state index in [0.717, 1.165) is 30.1 Å². The highest BCUT2D eigenvalue weighted by Crippen LogP contribution is 2.33. The smallest absolute Gasteiger partial charge is 0.336 e. The van der Waals surface area contributed by atoms with E-state index in [1.54, 1.807) is 11.0 Å². The number of benzene rings is 1. The monoisotopic (exact) mass is 539 g/mol. The Morgan fingerprint density at radius 1 is 1.05 bits per heavy atom. The SMILES string of the molecule is CC1C(=O)N(c2ccc(S(=O)(=O)C(F)(F)F)cc2)C(=O)N1Cc1ccncc1C(=O)N1CCN(C)CC1. The Morgan fingerprint density at radius 2 is 1.68 bits per heavy atom. The van der Waals surface area contributed by atoms with Gasteiger partial charge in [0.1, 0.15) is 6.04 Å². The first-order chi connectivity index (χ1) is 17.3. The van der Waals surface area contributed by atoms with E-state index in [0.29, 0.717) is 36.3 Å². The quantitative estimate of drug-likeness (QED) is 0.535. The Kier molecular flexibility index (Phi) is 6.99. The molecule has 2 aliphatic heterocycles. The van der Waals surface area contributed by atoms with Gasteiger partial charge in [-0.05, 0) is 49.9 Å². The van der Waals surface area contributed by atoms with Crippen molar-refractivity contribution in [3.05, 3.63) is 53.9 Å². The average Bonchev–Trinajstić information content (AvgIpc) is 3.07. The predicted molar refractivity (Wildman–Crippen MR) is 125 cm³/mol. The van der Waals surface area contributed by atoms with Crippen LogP contribution in [0.1, 0.15) is 22.8 Å². The van der Waals surface area contributed by atoms with Crippen molar-refractivity contribution in [1.29, 1.82) is 0 Å². The van der Waals surface area contributed by atoms with Gasteiger partial charge in [0.15, 0.2) is 0 Å². The number of carbonyl (C=O) groups is 3. The summed E-state index contributed by atoms with van der Waals surface area (Å²) in [5, 5.41) is 0. The first-order valence-electron chi connectivity index (χ1n) is 11.3. The number of halogens is 3. The number of pyridine rings is 1. The summed E-state index contributed by atoms with van der Waals surface area (Å²) in [6, 6.07) is 3.24. The average molecular weight is 540 g/mol. The summed E-state index contributed by atoms with van der Waals surface area (Å²) >= 11 is 0. The first-order valence-corrected chi connectivity index (χ1v) is 12.8. The summed E-state index contributed by atoms with van der Waals surface area (Å²) in [6.45, 7) is 3.92.